The fraction of sp³-hybridized carbons (Fsp3) is 0.846. The molecule has 0 amide bonds. The van der Waals surface area contributed by atoms with E-state index in [-0.39, 0.29) is 5.54 Å². The number of rotatable bonds is 7. The zero-order chi connectivity index (χ0) is 13.8. The summed E-state index contributed by atoms with van der Waals surface area (Å²) in [6.07, 6.45) is 2.89. The summed E-state index contributed by atoms with van der Waals surface area (Å²) >= 11 is 0. The zero-order valence-electron chi connectivity index (χ0n) is 12.6. The number of hydrogen-bond donors (Lipinski definition) is 1. The molecule has 1 aromatic rings. The summed E-state index contributed by atoms with van der Waals surface area (Å²) in [5, 5.41) is 11.6. The predicted octanol–water partition coefficient (Wildman–Crippen LogP) is 1.07. The summed E-state index contributed by atoms with van der Waals surface area (Å²) < 4.78 is 1.76. The largest absolute Gasteiger partial charge is 0.315 e. The monoisotopic (exact) mass is 253 g/mol. The summed E-state index contributed by atoms with van der Waals surface area (Å²) in [6, 6.07) is 0.356. The van der Waals surface area contributed by atoms with E-state index in [1.54, 1.807) is 4.68 Å². The molecule has 104 valence electrons. The Bertz CT molecular complexity index is 354. The minimum atomic E-state index is 0.0930. The molecule has 5 heteroatoms. The molecule has 0 fully saturated rings. The van der Waals surface area contributed by atoms with Crippen LogP contribution in [0.5, 0.6) is 0 Å². The molecule has 0 aliphatic heterocycles. The topological polar surface area (TPSA) is 46.0 Å². The molecule has 1 heterocycles. The lowest BCUT2D eigenvalue weighted by molar-refractivity contribution is 0.0940. The first-order valence-electron chi connectivity index (χ1n) is 6.73. The second-order valence-electron chi connectivity index (χ2n) is 5.25. The predicted molar refractivity (Wildman–Crippen MR) is 74.6 cm³/mol. The smallest absolute Gasteiger partial charge is 0.0843 e. The van der Waals surface area contributed by atoms with Gasteiger partial charge in [-0.05, 0) is 34.0 Å². The fourth-order valence-corrected chi connectivity index (χ4v) is 2.66. The minimum absolute atomic E-state index is 0.0930. The molecule has 1 N–H and O–H groups in total. The van der Waals surface area contributed by atoms with Crippen LogP contribution in [0.25, 0.3) is 0 Å². The lowest BCUT2D eigenvalue weighted by Crippen LogP contribution is -2.57. The molecule has 0 aliphatic rings. The first-order chi connectivity index (χ1) is 8.45. The van der Waals surface area contributed by atoms with Gasteiger partial charge in [0.1, 0.15) is 0 Å². The minimum Gasteiger partial charge on any atom is -0.315 e. The van der Waals surface area contributed by atoms with E-state index >= 15 is 0 Å². The highest BCUT2D eigenvalue weighted by atomic mass is 15.4. The number of aromatic nitrogens is 3. The van der Waals surface area contributed by atoms with Crippen molar-refractivity contribution in [3.05, 3.63) is 11.9 Å². The Morgan fingerprint density at radius 3 is 2.39 bits per heavy atom. The molecular weight excluding hydrogens is 226 g/mol. The number of nitrogens with one attached hydrogen (secondary N) is 1. The van der Waals surface area contributed by atoms with Gasteiger partial charge in [-0.2, -0.15) is 0 Å². The van der Waals surface area contributed by atoms with Gasteiger partial charge in [-0.25, -0.2) is 0 Å². The molecule has 0 aromatic carbocycles. The van der Waals surface area contributed by atoms with Crippen molar-refractivity contribution < 1.29 is 0 Å². The van der Waals surface area contributed by atoms with Crippen molar-refractivity contribution in [3.8, 4) is 0 Å². The zero-order valence-corrected chi connectivity index (χ0v) is 12.6. The van der Waals surface area contributed by atoms with E-state index in [1.807, 2.05) is 20.3 Å². The van der Waals surface area contributed by atoms with Crippen molar-refractivity contribution in [2.45, 2.75) is 45.7 Å². The molecule has 18 heavy (non-hydrogen) atoms. The Kier molecular flexibility index (Phi) is 5.28. The van der Waals surface area contributed by atoms with Gasteiger partial charge in [-0.1, -0.05) is 19.1 Å². The van der Waals surface area contributed by atoms with Crippen LogP contribution in [-0.2, 0) is 13.5 Å². The first kappa shape index (κ1) is 15.1. The standard InChI is InChI=1S/C13H27N5/c1-7-18(8-2)13(3,4)12(14-5)9-11-10-17(6)16-15-11/h10,12,14H,7-9H2,1-6H3. The molecule has 1 unspecified atom stereocenters. The third-order valence-corrected chi connectivity index (χ3v) is 3.84. The van der Waals surface area contributed by atoms with Gasteiger partial charge in [0.15, 0.2) is 0 Å². The van der Waals surface area contributed by atoms with Gasteiger partial charge >= 0.3 is 0 Å². The summed E-state index contributed by atoms with van der Waals surface area (Å²) in [5.41, 5.74) is 1.13. The SMILES string of the molecule is CCN(CC)C(C)(C)C(Cc1cn(C)nn1)NC. The van der Waals surface area contributed by atoms with E-state index in [0.717, 1.165) is 25.2 Å². The van der Waals surface area contributed by atoms with Gasteiger partial charge in [0.2, 0.25) is 0 Å². The van der Waals surface area contributed by atoms with Crippen LogP contribution in [0, 0.1) is 0 Å². The lowest BCUT2D eigenvalue weighted by Gasteiger charge is -2.43. The Balaban J connectivity index is 2.81. The van der Waals surface area contributed by atoms with Crippen molar-refractivity contribution >= 4 is 0 Å². The van der Waals surface area contributed by atoms with E-state index in [2.05, 4.69) is 48.2 Å². The molecule has 1 atom stereocenters. The van der Waals surface area contributed by atoms with Crippen LogP contribution < -0.4 is 5.32 Å². The van der Waals surface area contributed by atoms with Gasteiger partial charge in [-0.15, -0.1) is 5.10 Å². The van der Waals surface area contributed by atoms with Crippen LogP contribution in [-0.4, -0.2) is 51.6 Å². The van der Waals surface area contributed by atoms with E-state index < -0.39 is 0 Å². The van der Waals surface area contributed by atoms with Gasteiger partial charge < -0.3 is 5.32 Å². The molecule has 0 radical (unpaired) electrons. The molecule has 5 nitrogen and oxygen atoms in total. The van der Waals surface area contributed by atoms with Gasteiger partial charge in [-0.3, -0.25) is 9.58 Å². The van der Waals surface area contributed by atoms with Crippen LogP contribution >= 0.6 is 0 Å². The molecule has 0 spiro atoms. The highest BCUT2D eigenvalue weighted by molar-refractivity contribution is 5.02. The van der Waals surface area contributed by atoms with Crippen molar-refractivity contribution in [2.24, 2.45) is 7.05 Å². The fourth-order valence-electron chi connectivity index (χ4n) is 2.66. The van der Waals surface area contributed by atoms with Crippen LogP contribution in [0.1, 0.15) is 33.4 Å². The van der Waals surface area contributed by atoms with Crippen LogP contribution in [0.2, 0.25) is 0 Å². The number of likely N-dealkylation sites (N-methyl/N-ethyl adjacent to an activating group) is 2. The van der Waals surface area contributed by atoms with Crippen LogP contribution in [0.4, 0.5) is 0 Å². The van der Waals surface area contributed by atoms with Crippen molar-refractivity contribution in [1.29, 1.82) is 0 Å². The summed E-state index contributed by atoms with van der Waals surface area (Å²) in [5.74, 6) is 0. The third-order valence-electron chi connectivity index (χ3n) is 3.84. The lowest BCUT2D eigenvalue weighted by atomic mass is 9.89. The second-order valence-corrected chi connectivity index (χ2v) is 5.25. The molecule has 0 aliphatic carbocycles. The highest BCUT2D eigenvalue weighted by Crippen LogP contribution is 2.21. The van der Waals surface area contributed by atoms with Crippen molar-refractivity contribution in [2.75, 3.05) is 20.1 Å². The number of hydrogen-bond acceptors (Lipinski definition) is 4. The van der Waals surface area contributed by atoms with Gasteiger partial charge in [0, 0.05) is 31.2 Å². The van der Waals surface area contributed by atoms with Crippen molar-refractivity contribution in [1.82, 2.24) is 25.2 Å². The van der Waals surface area contributed by atoms with E-state index in [9.17, 15) is 0 Å². The van der Waals surface area contributed by atoms with Crippen molar-refractivity contribution in [3.63, 3.8) is 0 Å². The third kappa shape index (κ3) is 3.29. The molecule has 1 aromatic heterocycles. The maximum atomic E-state index is 4.18. The maximum absolute atomic E-state index is 4.18. The number of aryl methyl sites for hydroxylation is 1. The average molecular weight is 253 g/mol. The van der Waals surface area contributed by atoms with E-state index in [1.165, 1.54) is 0 Å². The Morgan fingerprint density at radius 1 is 1.39 bits per heavy atom. The van der Waals surface area contributed by atoms with Gasteiger partial charge in [0.05, 0.1) is 5.69 Å². The Labute approximate surface area is 111 Å². The summed E-state index contributed by atoms with van der Waals surface area (Å²) in [7, 11) is 3.92. The van der Waals surface area contributed by atoms with Crippen LogP contribution in [0.15, 0.2) is 6.20 Å². The average Bonchev–Trinajstić information content (AvgIpc) is 2.72. The first-order valence-corrected chi connectivity index (χ1v) is 6.73. The van der Waals surface area contributed by atoms with Gasteiger partial charge in [0.25, 0.3) is 0 Å². The Hall–Kier alpha value is -0.940. The highest BCUT2D eigenvalue weighted by Gasteiger charge is 2.33. The van der Waals surface area contributed by atoms with E-state index in [4.69, 9.17) is 0 Å². The number of nitrogens with zero attached hydrogens (tertiary/aromatic N) is 4. The van der Waals surface area contributed by atoms with Crippen LogP contribution in [0.3, 0.4) is 0 Å². The maximum Gasteiger partial charge on any atom is 0.0843 e. The summed E-state index contributed by atoms with van der Waals surface area (Å²) in [4.78, 5) is 2.48. The normalized spacial score (nSPS) is 14.2. The second kappa shape index (κ2) is 6.29. The molecule has 1 rings (SSSR count). The molecule has 0 saturated heterocycles. The molecular formula is C13H27N5. The van der Waals surface area contributed by atoms with E-state index in [0.29, 0.717) is 6.04 Å². The molecule has 0 bridgehead atoms. The Morgan fingerprint density at radius 2 is 2.00 bits per heavy atom. The summed E-state index contributed by atoms with van der Waals surface area (Å²) in [6.45, 7) is 11.1. The molecule has 0 saturated carbocycles. The quantitative estimate of drug-likeness (QED) is 0.789.